The number of hydrogen-bond donors (Lipinski definition) is 0. The zero-order valence-electron chi connectivity index (χ0n) is 39.2. The first-order valence-corrected chi connectivity index (χ1v) is 25.6. The van der Waals surface area contributed by atoms with Crippen molar-refractivity contribution in [2.75, 3.05) is 0 Å². The first-order chi connectivity index (χ1) is 29.1. The Bertz CT molecular complexity index is 1510. The quantitative estimate of drug-likeness (QED) is 0.0377. The van der Waals surface area contributed by atoms with Gasteiger partial charge in [-0.25, -0.2) is 4.68 Å². The van der Waals surface area contributed by atoms with Crippen LogP contribution in [0.5, 0.6) is 0 Å². The van der Waals surface area contributed by atoms with Crippen LogP contribution in [0.25, 0.3) is 11.5 Å². The normalized spacial score (nSPS) is 13.5. The summed E-state index contributed by atoms with van der Waals surface area (Å²) in [7, 11) is 0. The number of benzene rings is 2. The van der Waals surface area contributed by atoms with E-state index in [0.29, 0.717) is 0 Å². The van der Waals surface area contributed by atoms with E-state index < -0.39 is 0 Å². The average Bonchev–Trinajstić information content (AvgIpc) is 3.53. The fraction of sp³-hybridized carbons (Fsp3) is 0.667. The summed E-state index contributed by atoms with van der Waals surface area (Å²) in [6.45, 7) is 9.05. The first kappa shape index (κ1) is 50.3. The van der Waals surface area contributed by atoms with Crippen LogP contribution in [-0.2, 0) is 12.8 Å². The number of allylic oxidation sites excluding steroid dienone is 3. The molecule has 3 rings (SSSR count). The van der Waals surface area contributed by atoms with Crippen LogP contribution in [0, 0.1) is 11.8 Å². The van der Waals surface area contributed by atoms with Crippen molar-refractivity contribution in [2.24, 2.45) is 0 Å². The maximum absolute atomic E-state index is 9.53. The molecule has 0 saturated carbocycles. The molecule has 0 atom stereocenters. The molecule has 0 amide bonds. The summed E-state index contributed by atoms with van der Waals surface area (Å²) in [5, 5.41) is 0. The van der Waals surface area contributed by atoms with E-state index in [1.165, 1.54) is 191 Å². The van der Waals surface area contributed by atoms with E-state index in [-0.39, 0.29) is 0 Å². The Kier molecular flexibility index (Phi) is 28.7. The SMILES string of the molecule is CCCC=C1C(C#CCCCCCCCCCCCCCCCCCCCCCCCCCCC)=C(c2ccc(CCCC)cc2)[N+]([NH-])=C1c1ccc(CCCC)cc1. The Balaban J connectivity index is 1.36. The van der Waals surface area contributed by atoms with Crippen molar-refractivity contribution in [3.63, 3.8) is 0 Å². The summed E-state index contributed by atoms with van der Waals surface area (Å²) < 4.78 is 1.69. The summed E-state index contributed by atoms with van der Waals surface area (Å²) in [5.41, 5.74) is 9.01. The third-order valence-corrected chi connectivity index (χ3v) is 12.6. The molecule has 1 N–H and O–H groups in total. The summed E-state index contributed by atoms with van der Waals surface area (Å²) in [6, 6.07) is 17.9. The van der Waals surface area contributed by atoms with Crippen molar-refractivity contribution in [2.45, 2.75) is 246 Å². The second kappa shape index (κ2) is 33.6. The van der Waals surface area contributed by atoms with Gasteiger partial charge in [-0.3, -0.25) is 0 Å². The van der Waals surface area contributed by atoms with Crippen molar-refractivity contribution < 1.29 is 4.68 Å². The Morgan fingerprint density at radius 3 is 1.20 bits per heavy atom. The van der Waals surface area contributed by atoms with Crippen molar-refractivity contribution in [3.8, 4) is 11.8 Å². The van der Waals surface area contributed by atoms with Crippen LogP contribution in [0.3, 0.4) is 0 Å². The second-order valence-electron chi connectivity index (χ2n) is 18.0. The van der Waals surface area contributed by atoms with Crippen LogP contribution in [0.4, 0.5) is 0 Å². The van der Waals surface area contributed by atoms with Gasteiger partial charge in [-0.2, -0.15) is 0 Å². The van der Waals surface area contributed by atoms with Gasteiger partial charge in [0.05, 0.1) is 5.57 Å². The number of aryl methyl sites for hydroxylation is 2. The molecular weight excluding hydrogens is 713 g/mol. The number of rotatable bonds is 35. The van der Waals surface area contributed by atoms with Gasteiger partial charge in [-0.15, -0.1) is 0 Å². The molecule has 0 bridgehead atoms. The van der Waals surface area contributed by atoms with Gasteiger partial charge in [0.2, 0.25) is 11.4 Å². The predicted octanol–water partition coefficient (Wildman–Crippen LogP) is 18.5. The molecule has 0 radical (unpaired) electrons. The van der Waals surface area contributed by atoms with Crippen LogP contribution in [-0.4, -0.2) is 10.4 Å². The van der Waals surface area contributed by atoms with E-state index in [0.717, 1.165) is 72.2 Å². The Labute approximate surface area is 366 Å². The lowest BCUT2D eigenvalue weighted by Crippen LogP contribution is -2.11. The third kappa shape index (κ3) is 20.9. The molecule has 0 aliphatic carbocycles. The van der Waals surface area contributed by atoms with Gasteiger partial charge in [0.15, 0.2) is 0 Å². The number of nitrogens with one attached hydrogen (secondary N) is 1. The minimum Gasteiger partial charge on any atom is -0.448 e. The molecular formula is C57H90N2. The highest BCUT2D eigenvalue weighted by atomic mass is 15.3. The summed E-state index contributed by atoms with van der Waals surface area (Å²) in [4.78, 5) is 0. The van der Waals surface area contributed by atoms with Gasteiger partial charge in [0, 0.05) is 17.5 Å². The summed E-state index contributed by atoms with van der Waals surface area (Å²) in [6.07, 6.45) is 47.9. The van der Waals surface area contributed by atoms with Crippen molar-refractivity contribution in [1.29, 1.82) is 0 Å². The second-order valence-corrected chi connectivity index (χ2v) is 18.0. The Morgan fingerprint density at radius 2 is 0.814 bits per heavy atom. The van der Waals surface area contributed by atoms with Gasteiger partial charge in [0.25, 0.3) is 0 Å². The van der Waals surface area contributed by atoms with E-state index >= 15 is 0 Å². The fourth-order valence-corrected chi connectivity index (χ4v) is 8.69. The molecule has 2 nitrogen and oxygen atoms in total. The topological polar surface area (TPSA) is 26.8 Å². The molecule has 0 aromatic heterocycles. The summed E-state index contributed by atoms with van der Waals surface area (Å²) in [5.74, 6) is 16.8. The van der Waals surface area contributed by atoms with Crippen LogP contribution in [0.1, 0.15) is 255 Å². The molecule has 0 saturated heterocycles. The Hall–Kier alpha value is -3.05. The lowest BCUT2D eigenvalue weighted by Gasteiger charge is -2.09. The molecule has 1 aliphatic heterocycles. The first-order valence-electron chi connectivity index (χ1n) is 25.6. The van der Waals surface area contributed by atoms with Crippen LogP contribution >= 0.6 is 0 Å². The van der Waals surface area contributed by atoms with E-state index in [4.69, 9.17) is 0 Å². The zero-order chi connectivity index (χ0) is 42.0. The zero-order valence-corrected chi connectivity index (χ0v) is 39.2. The van der Waals surface area contributed by atoms with E-state index in [9.17, 15) is 5.84 Å². The molecule has 328 valence electrons. The average molecular weight is 803 g/mol. The maximum atomic E-state index is 9.53. The van der Waals surface area contributed by atoms with Crippen LogP contribution in [0.15, 0.2) is 65.8 Å². The van der Waals surface area contributed by atoms with Gasteiger partial charge >= 0.3 is 0 Å². The maximum Gasteiger partial charge on any atom is 0.225 e. The van der Waals surface area contributed by atoms with Crippen LogP contribution in [0.2, 0.25) is 0 Å². The van der Waals surface area contributed by atoms with Gasteiger partial charge < -0.3 is 5.84 Å². The summed E-state index contributed by atoms with van der Waals surface area (Å²) >= 11 is 0. The van der Waals surface area contributed by atoms with Gasteiger partial charge in [-0.1, -0.05) is 243 Å². The molecule has 1 aliphatic rings. The smallest absolute Gasteiger partial charge is 0.225 e. The van der Waals surface area contributed by atoms with Crippen LogP contribution < -0.4 is 0 Å². The Morgan fingerprint density at radius 1 is 0.441 bits per heavy atom. The largest absolute Gasteiger partial charge is 0.448 e. The number of nitrogens with zero attached hydrogens (tertiary/aromatic N) is 1. The molecule has 1 heterocycles. The minimum absolute atomic E-state index is 0.923. The highest BCUT2D eigenvalue weighted by Gasteiger charge is 2.34. The molecule has 0 fully saturated rings. The third-order valence-electron chi connectivity index (χ3n) is 12.6. The number of unbranched alkanes of at least 4 members (excludes halogenated alkanes) is 28. The highest BCUT2D eigenvalue weighted by Crippen LogP contribution is 2.35. The van der Waals surface area contributed by atoms with Crippen molar-refractivity contribution in [1.82, 2.24) is 0 Å². The van der Waals surface area contributed by atoms with E-state index in [2.05, 4.69) is 94.1 Å². The lowest BCUT2D eigenvalue weighted by molar-refractivity contribution is -0.347. The van der Waals surface area contributed by atoms with Crippen molar-refractivity contribution in [3.05, 3.63) is 93.8 Å². The minimum atomic E-state index is 0.923. The lowest BCUT2D eigenvalue weighted by atomic mass is 9.94. The molecule has 0 spiro atoms. The van der Waals surface area contributed by atoms with Gasteiger partial charge in [-0.05, 0) is 73.9 Å². The molecule has 59 heavy (non-hydrogen) atoms. The van der Waals surface area contributed by atoms with Crippen molar-refractivity contribution >= 4 is 11.4 Å². The predicted molar refractivity (Wildman–Crippen MR) is 262 cm³/mol. The fourth-order valence-electron chi connectivity index (χ4n) is 8.69. The molecule has 0 unspecified atom stereocenters. The van der Waals surface area contributed by atoms with E-state index in [1.807, 2.05) is 0 Å². The molecule has 2 heteroatoms. The van der Waals surface area contributed by atoms with E-state index in [1.54, 1.807) is 4.68 Å². The monoisotopic (exact) mass is 803 g/mol. The molecule has 2 aromatic carbocycles. The van der Waals surface area contributed by atoms with Gasteiger partial charge in [0.1, 0.15) is 5.57 Å². The number of hydrogen-bond acceptors (Lipinski definition) is 0. The molecule has 2 aromatic rings. The highest BCUT2D eigenvalue weighted by molar-refractivity contribution is 6.17. The standard InChI is InChI=1S/C57H90N2/c1-5-9-13-14-15-16-17-18-19-20-21-22-23-24-25-26-27-28-29-30-31-32-33-34-35-36-37-41-55-54(40-12-8-4)56(52-46-42-50(43-47-52)38-10-6-2)59(58)57(55)53-48-44-51(45-49-53)39-11-7-3/h40,42-49,58H,5-36,38-39H2,1-4H3.